The molecule has 0 saturated carbocycles. The SMILES string of the molecule is COc1ccc2c(c1)=N/C(=C(\c1ccccc1)c1c(O)[nH]c3ccc(NC4CCN(Cc5ccccc5)C4)cc13)N=2. The summed E-state index contributed by atoms with van der Waals surface area (Å²) in [4.78, 5) is 15.4. The Morgan fingerprint density at radius 2 is 1.73 bits per heavy atom. The van der Waals surface area contributed by atoms with E-state index in [0.717, 1.165) is 70.2 Å². The lowest BCUT2D eigenvalue weighted by Crippen LogP contribution is -2.25. The molecule has 1 atom stereocenters. The Kier molecular flexibility index (Phi) is 6.49. The highest BCUT2D eigenvalue weighted by Crippen LogP contribution is 2.40. The van der Waals surface area contributed by atoms with Gasteiger partial charge in [0.05, 0.1) is 23.4 Å². The fourth-order valence-electron chi connectivity index (χ4n) is 5.86. The van der Waals surface area contributed by atoms with Crippen molar-refractivity contribution in [2.24, 2.45) is 9.98 Å². The number of nitrogens with one attached hydrogen (secondary N) is 2. The van der Waals surface area contributed by atoms with E-state index in [0.29, 0.717) is 17.4 Å². The zero-order valence-electron chi connectivity index (χ0n) is 22.8. The van der Waals surface area contributed by atoms with Crippen molar-refractivity contribution in [1.29, 1.82) is 0 Å². The van der Waals surface area contributed by atoms with Gasteiger partial charge >= 0.3 is 0 Å². The molecule has 3 heterocycles. The second-order valence-corrected chi connectivity index (χ2v) is 10.6. The molecule has 7 nitrogen and oxygen atoms in total. The molecule has 0 aliphatic carbocycles. The molecule has 1 aromatic heterocycles. The minimum atomic E-state index is 0.0948. The number of aromatic hydroxyl groups is 1. The fraction of sp³-hybridized carbons (Fsp3) is 0.176. The van der Waals surface area contributed by atoms with Crippen molar-refractivity contribution in [3.63, 3.8) is 0 Å². The van der Waals surface area contributed by atoms with Gasteiger partial charge in [0.2, 0.25) is 0 Å². The summed E-state index contributed by atoms with van der Waals surface area (Å²) in [5.41, 5.74) is 5.61. The Hall–Kier alpha value is -4.88. The van der Waals surface area contributed by atoms with Crippen molar-refractivity contribution in [2.45, 2.75) is 19.0 Å². The fourth-order valence-corrected chi connectivity index (χ4v) is 5.86. The molecule has 1 fully saturated rings. The maximum Gasteiger partial charge on any atom is 0.197 e. The van der Waals surface area contributed by atoms with Gasteiger partial charge in [-0.3, -0.25) is 4.90 Å². The van der Waals surface area contributed by atoms with Gasteiger partial charge in [-0.25, -0.2) is 9.98 Å². The summed E-state index contributed by atoms with van der Waals surface area (Å²) in [6.07, 6.45) is 1.08. The van der Waals surface area contributed by atoms with Crippen LogP contribution in [0.2, 0.25) is 0 Å². The molecule has 3 N–H and O–H groups in total. The summed E-state index contributed by atoms with van der Waals surface area (Å²) in [7, 11) is 1.64. The minimum absolute atomic E-state index is 0.0948. The Balaban J connectivity index is 1.25. The van der Waals surface area contributed by atoms with E-state index in [1.54, 1.807) is 7.11 Å². The molecule has 0 bridgehead atoms. The Labute approximate surface area is 238 Å². The third kappa shape index (κ3) is 4.96. The molecular formula is C34H31N5O2. The number of aromatic nitrogens is 1. The third-order valence-corrected chi connectivity index (χ3v) is 7.84. The van der Waals surface area contributed by atoms with Gasteiger partial charge < -0.3 is 20.1 Å². The van der Waals surface area contributed by atoms with E-state index < -0.39 is 0 Å². The summed E-state index contributed by atoms with van der Waals surface area (Å²) >= 11 is 0. The van der Waals surface area contributed by atoms with Crippen LogP contribution in [0.15, 0.2) is 113 Å². The highest BCUT2D eigenvalue weighted by Gasteiger charge is 2.25. The van der Waals surface area contributed by atoms with Gasteiger partial charge in [-0.05, 0) is 47.9 Å². The van der Waals surface area contributed by atoms with E-state index in [1.807, 2.05) is 54.6 Å². The second kappa shape index (κ2) is 10.6. The van der Waals surface area contributed by atoms with Gasteiger partial charge in [-0.2, -0.15) is 0 Å². The van der Waals surface area contributed by atoms with E-state index in [2.05, 4.69) is 57.7 Å². The number of benzene rings is 4. The Morgan fingerprint density at radius 3 is 2.54 bits per heavy atom. The first-order chi connectivity index (χ1) is 20.1. The molecule has 204 valence electrons. The molecular weight excluding hydrogens is 510 g/mol. The van der Waals surface area contributed by atoms with Crippen LogP contribution in [-0.2, 0) is 6.54 Å². The lowest BCUT2D eigenvalue weighted by molar-refractivity contribution is 0.328. The van der Waals surface area contributed by atoms with E-state index in [9.17, 15) is 5.11 Å². The molecule has 41 heavy (non-hydrogen) atoms. The third-order valence-electron chi connectivity index (χ3n) is 7.84. The number of ether oxygens (including phenoxy) is 1. The molecule has 2 aliphatic rings. The van der Waals surface area contributed by atoms with E-state index in [4.69, 9.17) is 14.7 Å². The van der Waals surface area contributed by atoms with Crippen molar-refractivity contribution < 1.29 is 9.84 Å². The average Bonchev–Trinajstić information content (AvgIpc) is 3.71. The van der Waals surface area contributed by atoms with Gasteiger partial charge in [0.1, 0.15) is 5.75 Å². The van der Waals surface area contributed by atoms with Crippen LogP contribution in [0.4, 0.5) is 5.69 Å². The van der Waals surface area contributed by atoms with Crippen molar-refractivity contribution >= 4 is 22.2 Å². The Morgan fingerprint density at radius 1 is 0.951 bits per heavy atom. The predicted molar refractivity (Wildman–Crippen MR) is 161 cm³/mol. The molecule has 7 heteroatoms. The molecule has 1 unspecified atom stereocenters. The highest BCUT2D eigenvalue weighted by molar-refractivity contribution is 6.01. The van der Waals surface area contributed by atoms with Gasteiger partial charge in [0, 0.05) is 53.9 Å². The second-order valence-electron chi connectivity index (χ2n) is 10.6. The number of nitrogens with zero attached hydrogens (tertiary/aromatic N) is 3. The summed E-state index contributed by atoms with van der Waals surface area (Å²) in [6.45, 7) is 3.00. The van der Waals surface area contributed by atoms with Crippen LogP contribution in [0.5, 0.6) is 11.6 Å². The molecule has 0 spiro atoms. The molecule has 1 saturated heterocycles. The van der Waals surface area contributed by atoms with E-state index in [-0.39, 0.29) is 5.88 Å². The van der Waals surface area contributed by atoms with Gasteiger partial charge in [-0.15, -0.1) is 0 Å². The van der Waals surface area contributed by atoms with Crippen LogP contribution in [0.3, 0.4) is 0 Å². The normalized spacial score (nSPS) is 17.6. The van der Waals surface area contributed by atoms with Gasteiger partial charge in [0.25, 0.3) is 0 Å². The molecule has 7 rings (SSSR count). The smallest absolute Gasteiger partial charge is 0.197 e. The number of aromatic amines is 1. The van der Waals surface area contributed by atoms with Gasteiger partial charge in [0.15, 0.2) is 11.7 Å². The summed E-state index contributed by atoms with van der Waals surface area (Å²) in [6, 6.07) is 32.9. The first-order valence-corrected chi connectivity index (χ1v) is 13.9. The van der Waals surface area contributed by atoms with E-state index in [1.165, 1.54) is 5.56 Å². The lowest BCUT2D eigenvalue weighted by atomic mass is 9.96. The molecule has 2 aliphatic heterocycles. The standard InChI is InChI=1S/C34H31N5O2/c1-41-26-13-15-29-30(19-26)37-33(36-29)31(23-10-6-3-7-11-23)32-27-18-24(12-14-28(27)38-34(32)40)35-25-16-17-39(21-25)20-22-8-4-2-5-9-22/h2-15,18-19,25,35,38,40H,16-17,20-21H2,1H3/b33-31+. The maximum absolute atomic E-state index is 11.3. The first-order valence-electron chi connectivity index (χ1n) is 13.9. The maximum atomic E-state index is 11.3. The van der Waals surface area contributed by atoms with Crippen LogP contribution >= 0.6 is 0 Å². The Bertz CT molecular complexity index is 1880. The zero-order valence-corrected chi connectivity index (χ0v) is 22.8. The number of rotatable bonds is 7. The number of hydrogen-bond acceptors (Lipinski definition) is 6. The van der Waals surface area contributed by atoms with Crippen LogP contribution in [-0.4, -0.2) is 41.2 Å². The molecule has 0 radical (unpaired) electrons. The summed E-state index contributed by atoms with van der Waals surface area (Å²) in [5.74, 6) is 1.38. The van der Waals surface area contributed by atoms with E-state index >= 15 is 0 Å². The largest absolute Gasteiger partial charge is 0.497 e. The molecule has 4 aromatic carbocycles. The average molecular weight is 542 g/mol. The topological polar surface area (TPSA) is 85.2 Å². The van der Waals surface area contributed by atoms with Crippen molar-refractivity contribution in [3.8, 4) is 11.6 Å². The quantitative estimate of drug-likeness (QED) is 0.263. The monoisotopic (exact) mass is 541 g/mol. The summed E-state index contributed by atoms with van der Waals surface area (Å²) in [5, 5.41) is 17.4. The van der Waals surface area contributed by atoms with Crippen LogP contribution in [0.25, 0.3) is 16.5 Å². The van der Waals surface area contributed by atoms with Crippen LogP contribution in [0, 0.1) is 0 Å². The summed E-state index contributed by atoms with van der Waals surface area (Å²) < 4.78 is 5.40. The predicted octanol–water partition coefficient (Wildman–Crippen LogP) is 5.24. The number of hydrogen-bond donors (Lipinski definition) is 3. The van der Waals surface area contributed by atoms with Gasteiger partial charge in [-0.1, -0.05) is 60.7 Å². The molecule has 0 amide bonds. The number of H-pyrrole nitrogens is 1. The van der Waals surface area contributed by atoms with Crippen LogP contribution in [0.1, 0.15) is 23.1 Å². The highest BCUT2D eigenvalue weighted by atomic mass is 16.5. The minimum Gasteiger partial charge on any atom is -0.497 e. The zero-order chi connectivity index (χ0) is 27.8. The van der Waals surface area contributed by atoms with Crippen LogP contribution < -0.4 is 20.8 Å². The van der Waals surface area contributed by atoms with Crippen molar-refractivity contribution in [3.05, 3.63) is 130 Å². The van der Waals surface area contributed by atoms with Crippen molar-refractivity contribution in [1.82, 2.24) is 9.88 Å². The number of methoxy groups -OCH3 is 1. The number of likely N-dealkylation sites (tertiary alicyclic amines) is 1. The molecule has 5 aromatic rings. The van der Waals surface area contributed by atoms with Crippen molar-refractivity contribution in [2.75, 3.05) is 25.5 Å². The lowest BCUT2D eigenvalue weighted by Gasteiger charge is -2.18. The number of fused-ring (bicyclic) bond motifs is 2. The number of anilines is 1. The first kappa shape index (κ1) is 25.1.